The molecule has 0 bridgehead atoms. The number of phosphoric acid groups is 1. The maximum absolute atomic E-state index is 12.6. The number of carbonyl (C=O) groups excluding carboxylic acids is 2. The van der Waals surface area contributed by atoms with Crippen molar-refractivity contribution >= 4 is 25.7 Å². The average molecular weight is 872 g/mol. The van der Waals surface area contributed by atoms with E-state index in [0.29, 0.717) is 32.1 Å². The largest absolute Gasteiger partial charge is 0.480 e. The van der Waals surface area contributed by atoms with Crippen molar-refractivity contribution in [3.05, 3.63) is 122 Å². The third-order valence-electron chi connectivity index (χ3n) is 8.29. The summed E-state index contributed by atoms with van der Waals surface area (Å²) in [4.78, 5) is 45.9. The molecule has 13 heteroatoms. The van der Waals surface area contributed by atoms with Gasteiger partial charge in [0.15, 0.2) is 6.10 Å². The van der Waals surface area contributed by atoms with E-state index in [9.17, 15) is 28.9 Å². The van der Waals surface area contributed by atoms with Gasteiger partial charge in [-0.15, -0.1) is 0 Å². The number of aliphatic carboxylic acids is 1. The van der Waals surface area contributed by atoms with E-state index in [1.54, 1.807) is 6.08 Å². The van der Waals surface area contributed by atoms with Gasteiger partial charge < -0.3 is 30.3 Å². The molecule has 0 aromatic rings. The Morgan fingerprint density at radius 1 is 0.607 bits per heavy atom. The summed E-state index contributed by atoms with van der Waals surface area (Å²) in [6.45, 7) is 2.42. The van der Waals surface area contributed by atoms with Crippen molar-refractivity contribution in [3.8, 4) is 0 Å². The summed E-state index contributed by atoms with van der Waals surface area (Å²) in [6, 6.07) is -1.56. The fraction of sp³-hybridized carbons (Fsp3) is 0.521. The molecule has 0 fully saturated rings. The van der Waals surface area contributed by atoms with Gasteiger partial charge in [0.2, 0.25) is 0 Å². The van der Waals surface area contributed by atoms with Crippen molar-refractivity contribution in [2.24, 2.45) is 5.73 Å². The maximum Gasteiger partial charge on any atom is 0.472 e. The number of hydrogen-bond acceptors (Lipinski definition) is 10. The molecule has 342 valence electrons. The highest BCUT2D eigenvalue weighted by Gasteiger charge is 2.28. The lowest BCUT2D eigenvalue weighted by atomic mass is 10.2. The second-order valence-corrected chi connectivity index (χ2v) is 15.4. The van der Waals surface area contributed by atoms with Crippen LogP contribution in [0.1, 0.15) is 123 Å². The second kappa shape index (κ2) is 41.2. The number of ether oxygens (including phenoxy) is 2. The summed E-state index contributed by atoms with van der Waals surface area (Å²) < 4.78 is 32.5. The average Bonchev–Trinajstić information content (AvgIpc) is 3.23. The SMILES string of the molecule is CC/C=C\C/C=C\CC(O)/C=C/C=C\C/C=C\C/C=C\CCC(=O)O[C@H](COC(=O)CCC/C=C\C/C=C\C/C=C\C/C=C\CCCCC)COP(=O)(O)OC[C@H](N)C(=O)O. The van der Waals surface area contributed by atoms with Crippen LogP contribution in [0.3, 0.4) is 0 Å². The fourth-order valence-electron chi connectivity index (χ4n) is 4.87. The molecule has 2 unspecified atom stereocenters. The number of rotatable bonds is 38. The highest BCUT2D eigenvalue weighted by atomic mass is 31.2. The summed E-state index contributed by atoms with van der Waals surface area (Å²) in [5.74, 6) is -2.62. The van der Waals surface area contributed by atoms with E-state index in [4.69, 9.17) is 24.8 Å². The topological polar surface area (TPSA) is 192 Å². The van der Waals surface area contributed by atoms with E-state index in [1.165, 1.54) is 19.3 Å². The van der Waals surface area contributed by atoms with Crippen molar-refractivity contribution in [1.29, 1.82) is 0 Å². The molecule has 0 aromatic heterocycles. The molecule has 0 aromatic carbocycles. The number of allylic oxidation sites excluding steroid dienone is 18. The Morgan fingerprint density at radius 2 is 1.13 bits per heavy atom. The zero-order chi connectivity index (χ0) is 45.1. The highest BCUT2D eigenvalue weighted by molar-refractivity contribution is 7.47. The van der Waals surface area contributed by atoms with E-state index < -0.39 is 63.8 Å². The molecule has 0 saturated carbocycles. The Hall–Kier alpha value is -4.16. The molecule has 0 aliphatic carbocycles. The molecule has 12 nitrogen and oxygen atoms in total. The van der Waals surface area contributed by atoms with Crippen LogP contribution in [0.2, 0.25) is 0 Å². The van der Waals surface area contributed by atoms with Crippen LogP contribution in [-0.4, -0.2) is 71.1 Å². The first-order chi connectivity index (χ1) is 29.5. The third kappa shape index (κ3) is 41.0. The van der Waals surface area contributed by atoms with Crippen molar-refractivity contribution < 1.29 is 52.6 Å². The van der Waals surface area contributed by atoms with E-state index >= 15 is 0 Å². The van der Waals surface area contributed by atoms with Gasteiger partial charge in [0.25, 0.3) is 0 Å². The van der Waals surface area contributed by atoms with Gasteiger partial charge in [-0.25, -0.2) is 4.57 Å². The van der Waals surface area contributed by atoms with Crippen LogP contribution in [0, 0.1) is 0 Å². The van der Waals surface area contributed by atoms with Gasteiger partial charge in [0.05, 0.1) is 19.3 Å². The van der Waals surface area contributed by atoms with Crippen molar-refractivity contribution in [1.82, 2.24) is 0 Å². The Labute approximate surface area is 365 Å². The predicted octanol–water partition coefficient (Wildman–Crippen LogP) is 10.6. The lowest BCUT2D eigenvalue weighted by Gasteiger charge is -2.20. The fourth-order valence-corrected chi connectivity index (χ4v) is 5.65. The number of carboxylic acid groups (broad SMARTS) is 1. The summed E-state index contributed by atoms with van der Waals surface area (Å²) >= 11 is 0. The summed E-state index contributed by atoms with van der Waals surface area (Å²) in [7, 11) is -4.77. The molecule has 0 saturated heterocycles. The number of nitrogens with two attached hydrogens (primary N) is 1. The van der Waals surface area contributed by atoms with Crippen LogP contribution < -0.4 is 5.73 Å². The minimum Gasteiger partial charge on any atom is -0.480 e. The lowest BCUT2D eigenvalue weighted by Crippen LogP contribution is -2.34. The normalized spacial score (nSPS) is 15.4. The number of carbonyl (C=O) groups is 3. The maximum atomic E-state index is 12.6. The van der Waals surface area contributed by atoms with Gasteiger partial charge in [-0.3, -0.25) is 23.4 Å². The molecule has 0 rings (SSSR count). The number of aliphatic hydroxyl groups is 1. The molecule has 4 atom stereocenters. The van der Waals surface area contributed by atoms with Crippen LogP contribution in [0.5, 0.6) is 0 Å². The number of hydrogen-bond donors (Lipinski definition) is 4. The molecular weight excluding hydrogens is 797 g/mol. The standard InChI is InChI=1S/C48H74NO11P/c1-3-5-7-9-11-12-13-14-15-16-17-18-19-23-26-30-34-38-46(51)57-40-44(41-58-61(55,56)59-42-45(49)48(53)54)60-47(52)39-35-31-27-24-21-20-22-25-29-33-37-43(50)36-32-28-10-8-6-4-2/h6,8,11-12,14-15,17-18,20-21,23,25-29,31-33,37,43-45,50H,3-5,7,9-10,13,16,19,22,24,30,34-36,38-42,49H2,1-2H3,(H,53,54)(H,55,56)/b8-6-,12-11-,15-14-,18-17-,21-20-,26-23-,29-25-,31-27-,32-28-,37-33+/t43?,44-,45+/m1/s1. The van der Waals surface area contributed by atoms with E-state index in [2.05, 4.69) is 67.0 Å². The molecule has 5 N–H and O–H groups in total. The summed E-state index contributed by atoms with van der Waals surface area (Å²) in [5.41, 5.74) is 5.32. The number of aliphatic hydroxyl groups excluding tert-OH is 1. The smallest absolute Gasteiger partial charge is 0.472 e. The Kier molecular flexibility index (Phi) is 38.4. The first-order valence-electron chi connectivity index (χ1n) is 21.7. The van der Waals surface area contributed by atoms with Gasteiger partial charge >= 0.3 is 25.7 Å². The quantitative estimate of drug-likeness (QED) is 0.0151. The minimum atomic E-state index is -4.77. The minimum absolute atomic E-state index is 0.00684. The van der Waals surface area contributed by atoms with Crippen LogP contribution in [0.25, 0.3) is 0 Å². The Balaban J connectivity index is 4.67. The molecule has 0 radical (unpaired) electrons. The number of carboxylic acids is 1. The lowest BCUT2D eigenvalue weighted by molar-refractivity contribution is -0.161. The highest BCUT2D eigenvalue weighted by Crippen LogP contribution is 2.43. The Bertz CT molecular complexity index is 1510. The zero-order valence-corrected chi connectivity index (χ0v) is 37.4. The van der Waals surface area contributed by atoms with Crippen molar-refractivity contribution in [2.45, 2.75) is 141 Å². The molecule has 61 heavy (non-hydrogen) atoms. The van der Waals surface area contributed by atoms with Crippen molar-refractivity contribution in [2.75, 3.05) is 19.8 Å². The first kappa shape index (κ1) is 56.8. The van der Waals surface area contributed by atoms with Gasteiger partial charge in [-0.2, -0.15) is 0 Å². The van der Waals surface area contributed by atoms with Crippen LogP contribution in [-0.2, 0) is 37.5 Å². The van der Waals surface area contributed by atoms with E-state index in [0.717, 1.165) is 44.9 Å². The summed E-state index contributed by atoms with van der Waals surface area (Å²) in [6.07, 6.45) is 51.7. The third-order valence-corrected chi connectivity index (χ3v) is 9.24. The predicted molar refractivity (Wildman–Crippen MR) is 245 cm³/mol. The molecule has 0 heterocycles. The number of esters is 2. The number of unbranched alkanes of at least 4 members (excludes halogenated alkanes) is 4. The monoisotopic (exact) mass is 871 g/mol. The van der Waals surface area contributed by atoms with Crippen LogP contribution in [0.4, 0.5) is 0 Å². The summed E-state index contributed by atoms with van der Waals surface area (Å²) in [5, 5.41) is 18.9. The second-order valence-electron chi connectivity index (χ2n) is 13.9. The molecule has 0 spiro atoms. The van der Waals surface area contributed by atoms with Crippen molar-refractivity contribution in [3.63, 3.8) is 0 Å². The van der Waals surface area contributed by atoms with Gasteiger partial charge in [-0.05, 0) is 83.5 Å². The first-order valence-corrected chi connectivity index (χ1v) is 23.2. The van der Waals surface area contributed by atoms with Gasteiger partial charge in [0.1, 0.15) is 12.6 Å². The van der Waals surface area contributed by atoms with E-state index in [1.807, 2.05) is 66.8 Å². The number of phosphoric ester groups is 1. The van der Waals surface area contributed by atoms with Gasteiger partial charge in [-0.1, -0.05) is 148 Å². The molecule has 0 aliphatic heterocycles. The molecule has 0 aliphatic rings. The molecular formula is C48H74NO11P. The van der Waals surface area contributed by atoms with E-state index in [-0.39, 0.29) is 12.8 Å². The van der Waals surface area contributed by atoms with Crippen LogP contribution >= 0.6 is 7.82 Å². The van der Waals surface area contributed by atoms with Gasteiger partial charge in [0, 0.05) is 12.8 Å². The molecule has 0 amide bonds. The zero-order valence-electron chi connectivity index (χ0n) is 36.6. The Morgan fingerprint density at radius 3 is 1.72 bits per heavy atom. The van der Waals surface area contributed by atoms with Crippen LogP contribution in [0.15, 0.2) is 122 Å².